The lowest BCUT2D eigenvalue weighted by atomic mass is 9.98. The van der Waals surface area contributed by atoms with Gasteiger partial charge in [0.05, 0.1) is 0 Å². The van der Waals surface area contributed by atoms with Gasteiger partial charge in [-0.3, -0.25) is 0 Å². The molecule has 1 aliphatic heterocycles. The van der Waals surface area contributed by atoms with E-state index in [0.717, 1.165) is 12.0 Å². The maximum Gasteiger partial charge on any atom is 0.0107 e. The summed E-state index contributed by atoms with van der Waals surface area (Å²) >= 11 is 0. The van der Waals surface area contributed by atoms with Crippen LogP contribution in [0.1, 0.15) is 58.3 Å². The van der Waals surface area contributed by atoms with Gasteiger partial charge in [0, 0.05) is 19.1 Å². The Bertz CT molecular complexity index is 199. The number of hydrogen-bond acceptors (Lipinski definition) is 2. The van der Waals surface area contributed by atoms with Crippen LogP contribution in [0, 0.1) is 5.92 Å². The number of rotatable bonds is 5. The van der Waals surface area contributed by atoms with Gasteiger partial charge in [0.2, 0.25) is 0 Å². The molecule has 2 heteroatoms. The number of nitrogens with zero attached hydrogens (tertiary/aromatic N) is 1. The molecule has 1 heterocycles. The summed E-state index contributed by atoms with van der Waals surface area (Å²) in [5, 5.41) is 3.79. The van der Waals surface area contributed by atoms with Gasteiger partial charge in [-0.1, -0.05) is 26.2 Å². The molecule has 0 bridgehead atoms. The average Bonchev–Trinajstić information content (AvgIpc) is 2.75. The molecule has 2 fully saturated rings. The predicted octanol–water partition coefficient (Wildman–Crippen LogP) is 3.03. The molecule has 0 spiro atoms. The van der Waals surface area contributed by atoms with Crippen LogP contribution in [0.4, 0.5) is 0 Å². The van der Waals surface area contributed by atoms with Gasteiger partial charge in [0.15, 0.2) is 0 Å². The highest BCUT2D eigenvalue weighted by Crippen LogP contribution is 2.25. The molecule has 2 unspecified atom stereocenters. The van der Waals surface area contributed by atoms with Crippen molar-refractivity contribution >= 4 is 0 Å². The van der Waals surface area contributed by atoms with Crippen LogP contribution in [0.25, 0.3) is 0 Å². The highest BCUT2D eigenvalue weighted by Gasteiger charge is 2.17. The third kappa shape index (κ3) is 4.59. The molecule has 0 aromatic rings. The first-order valence-corrected chi connectivity index (χ1v) is 7.84. The van der Waals surface area contributed by atoms with Crippen molar-refractivity contribution in [1.29, 1.82) is 0 Å². The first kappa shape index (κ1) is 13.4. The van der Waals surface area contributed by atoms with E-state index in [1.807, 2.05) is 0 Å². The van der Waals surface area contributed by atoms with Crippen molar-refractivity contribution in [2.45, 2.75) is 64.3 Å². The first-order chi connectivity index (χ1) is 8.38. The molecule has 0 amide bonds. The molecule has 17 heavy (non-hydrogen) atoms. The molecular weight excluding hydrogens is 208 g/mol. The Morgan fingerprint density at radius 1 is 1.00 bits per heavy atom. The SMILES string of the molecule is CCC1CCCC(NCCN2CCCC2)CC1. The molecular formula is C15H30N2. The van der Waals surface area contributed by atoms with E-state index in [2.05, 4.69) is 17.1 Å². The van der Waals surface area contributed by atoms with Crippen LogP contribution >= 0.6 is 0 Å². The quantitative estimate of drug-likeness (QED) is 0.741. The zero-order chi connectivity index (χ0) is 11.9. The summed E-state index contributed by atoms with van der Waals surface area (Å²) in [6, 6.07) is 0.814. The van der Waals surface area contributed by atoms with Gasteiger partial charge in [-0.2, -0.15) is 0 Å². The van der Waals surface area contributed by atoms with Crippen LogP contribution in [0.3, 0.4) is 0 Å². The van der Waals surface area contributed by atoms with Crippen molar-refractivity contribution in [3.05, 3.63) is 0 Å². The minimum Gasteiger partial charge on any atom is -0.313 e. The van der Waals surface area contributed by atoms with Crippen molar-refractivity contribution < 1.29 is 0 Å². The number of likely N-dealkylation sites (tertiary alicyclic amines) is 1. The molecule has 0 radical (unpaired) electrons. The Morgan fingerprint density at radius 3 is 2.59 bits per heavy atom. The van der Waals surface area contributed by atoms with Gasteiger partial charge in [0.1, 0.15) is 0 Å². The monoisotopic (exact) mass is 238 g/mol. The lowest BCUT2D eigenvalue weighted by Gasteiger charge is -2.20. The van der Waals surface area contributed by atoms with Crippen molar-refractivity contribution in [3.63, 3.8) is 0 Å². The van der Waals surface area contributed by atoms with Crippen molar-refractivity contribution in [2.75, 3.05) is 26.2 Å². The molecule has 0 aromatic heterocycles. The molecule has 1 saturated carbocycles. The summed E-state index contributed by atoms with van der Waals surface area (Å²) < 4.78 is 0. The molecule has 2 atom stereocenters. The highest BCUT2D eigenvalue weighted by atomic mass is 15.2. The van der Waals surface area contributed by atoms with Crippen molar-refractivity contribution in [3.8, 4) is 0 Å². The normalized spacial score (nSPS) is 31.6. The van der Waals surface area contributed by atoms with Gasteiger partial charge in [-0.05, 0) is 51.1 Å². The minimum absolute atomic E-state index is 0.814. The van der Waals surface area contributed by atoms with Crippen LogP contribution in [0.15, 0.2) is 0 Å². The summed E-state index contributed by atoms with van der Waals surface area (Å²) in [5.41, 5.74) is 0. The number of nitrogens with one attached hydrogen (secondary N) is 1. The molecule has 1 saturated heterocycles. The molecule has 2 rings (SSSR count). The minimum atomic E-state index is 0.814. The Balaban J connectivity index is 1.58. The van der Waals surface area contributed by atoms with E-state index < -0.39 is 0 Å². The topological polar surface area (TPSA) is 15.3 Å². The average molecular weight is 238 g/mol. The third-order valence-electron chi connectivity index (χ3n) is 4.73. The Hall–Kier alpha value is -0.0800. The summed E-state index contributed by atoms with van der Waals surface area (Å²) in [6.45, 7) is 7.51. The van der Waals surface area contributed by atoms with Crippen LogP contribution in [-0.2, 0) is 0 Å². The van der Waals surface area contributed by atoms with E-state index in [0.29, 0.717) is 0 Å². The van der Waals surface area contributed by atoms with Gasteiger partial charge >= 0.3 is 0 Å². The lowest BCUT2D eigenvalue weighted by molar-refractivity contribution is 0.321. The van der Waals surface area contributed by atoms with E-state index in [-0.39, 0.29) is 0 Å². The zero-order valence-corrected chi connectivity index (χ0v) is 11.6. The molecule has 1 aliphatic carbocycles. The molecule has 2 nitrogen and oxygen atoms in total. The fraction of sp³-hybridized carbons (Fsp3) is 1.00. The van der Waals surface area contributed by atoms with E-state index >= 15 is 0 Å². The summed E-state index contributed by atoms with van der Waals surface area (Å²) in [7, 11) is 0. The van der Waals surface area contributed by atoms with Crippen molar-refractivity contribution in [1.82, 2.24) is 10.2 Å². The number of hydrogen-bond donors (Lipinski definition) is 1. The predicted molar refractivity (Wildman–Crippen MR) is 74.3 cm³/mol. The van der Waals surface area contributed by atoms with Gasteiger partial charge < -0.3 is 10.2 Å². The van der Waals surface area contributed by atoms with Crippen molar-refractivity contribution in [2.24, 2.45) is 5.92 Å². The van der Waals surface area contributed by atoms with Crippen LogP contribution in [-0.4, -0.2) is 37.1 Å². The molecule has 0 aromatic carbocycles. The molecule has 100 valence electrons. The fourth-order valence-corrected chi connectivity index (χ4v) is 3.42. The Morgan fingerprint density at radius 2 is 1.82 bits per heavy atom. The summed E-state index contributed by atoms with van der Waals surface area (Å²) in [4.78, 5) is 2.61. The van der Waals surface area contributed by atoms with E-state index in [1.54, 1.807) is 0 Å². The van der Waals surface area contributed by atoms with Crippen LogP contribution < -0.4 is 5.32 Å². The summed E-state index contributed by atoms with van der Waals surface area (Å²) in [6.07, 6.45) is 11.4. The van der Waals surface area contributed by atoms with Crippen LogP contribution in [0.5, 0.6) is 0 Å². The first-order valence-electron chi connectivity index (χ1n) is 7.84. The van der Waals surface area contributed by atoms with Gasteiger partial charge in [-0.15, -0.1) is 0 Å². The molecule has 2 aliphatic rings. The zero-order valence-electron chi connectivity index (χ0n) is 11.6. The van der Waals surface area contributed by atoms with E-state index in [4.69, 9.17) is 0 Å². The summed E-state index contributed by atoms with van der Waals surface area (Å²) in [5.74, 6) is 1.01. The maximum absolute atomic E-state index is 3.79. The van der Waals surface area contributed by atoms with E-state index in [1.165, 1.54) is 77.5 Å². The highest BCUT2D eigenvalue weighted by molar-refractivity contribution is 4.75. The second-order valence-electron chi connectivity index (χ2n) is 5.98. The fourth-order valence-electron chi connectivity index (χ4n) is 3.42. The second kappa shape index (κ2) is 7.38. The maximum atomic E-state index is 3.79. The largest absolute Gasteiger partial charge is 0.313 e. The standard InChI is InChI=1S/C15H30N2/c1-2-14-6-5-7-15(9-8-14)16-10-13-17-11-3-4-12-17/h14-16H,2-13H2,1H3. The lowest BCUT2D eigenvalue weighted by Crippen LogP contribution is -2.36. The third-order valence-corrected chi connectivity index (χ3v) is 4.73. The molecule has 1 N–H and O–H groups in total. The van der Waals surface area contributed by atoms with Crippen LogP contribution in [0.2, 0.25) is 0 Å². The Kier molecular flexibility index (Phi) is 5.79. The second-order valence-corrected chi connectivity index (χ2v) is 5.98. The smallest absolute Gasteiger partial charge is 0.0107 e. The van der Waals surface area contributed by atoms with Gasteiger partial charge in [-0.25, -0.2) is 0 Å². The van der Waals surface area contributed by atoms with Gasteiger partial charge in [0.25, 0.3) is 0 Å². The Labute approximate surface area is 107 Å². The van der Waals surface area contributed by atoms with E-state index in [9.17, 15) is 0 Å².